The second kappa shape index (κ2) is 3.67. The Balaban J connectivity index is 2.58. The van der Waals surface area contributed by atoms with Crippen molar-refractivity contribution in [1.29, 1.82) is 0 Å². The molecule has 0 bridgehead atoms. The monoisotopic (exact) mass is 212 g/mol. The predicted octanol–water partition coefficient (Wildman–Crippen LogP) is 2.63. The average molecular weight is 213 g/mol. The fourth-order valence-corrected chi connectivity index (χ4v) is 3.80. The van der Waals surface area contributed by atoms with Crippen LogP contribution in [0.1, 0.15) is 20.8 Å². The highest BCUT2D eigenvalue weighted by molar-refractivity contribution is 7.54. The van der Waals surface area contributed by atoms with E-state index in [1.54, 1.807) is 6.92 Å². The molecule has 5 heteroatoms. The van der Waals surface area contributed by atoms with E-state index in [9.17, 15) is 4.57 Å². The van der Waals surface area contributed by atoms with Crippen molar-refractivity contribution >= 4 is 19.2 Å². The number of hydrogen-bond donors (Lipinski definition) is 0. The Kier molecular flexibility index (Phi) is 3.21. The van der Waals surface area contributed by atoms with Crippen molar-refractivity contribution in [1.82, 2.24) is 0 Å². The fraction of sp³-hybridized carbons (Fsp3) is 1.00. The molecule has 1 fully saturated rings. The van der Waals surface area contributed by atoms with Crippen molar-refractivity contribution in [2.45, 2.75) is 38.4 Å². The number of halogens is 1. The summed E-state index contributed by atoms with van der Waals surface area (Å²) < 4.78 is 22.2. The summed E-state index contributed by atoms with van der Waals surface area (Å²) in [6.45, 7) is 5.48. The molecule has 3 unspecified atom stereocenters. The average Bonchev–Trinajstić information content (AvgIpc) is 2.04. The van der Waals surface area contributed by atoms with Gasteiger partial charge in [-0.1, -0.05) is 0 Å². The Morgan fingerprint density at radius 2 is 1.83 bits per heavy atom. The van der Waals surface area contributed by atoms with Crippen LogP contribution in [-0.4, -0.2) is 23.7 Å². The minimum Gasteiger partial charge on any atom is -0.303 e. The second-order valence-corrected chi connectivity index (χ2v) is 5.95. The van der Waals surface area contributed by atoms with Crippen LogP contribution >= 0.6 is 19.2 Å². The largest absolute Gasteiger partial charge is 0.332 e. The normalized spacial score (nSPS) is 44.7. The lowest BCUT2D eigenvalue weighted by molar-refractivity contribution is 0.187. The van der Waals surface area contributed by atoms with Crippen LogP contribution in [0, 0.1) is 0 Å². The smallest absolute Gasteiger partial charge is 0.303 e. The van der Waals surface area contributed by atoms with Crippen LogP contribution in [-0.2, 0) is 13.6 Å². The first-order valence-corrected chi connectivity index (χ1v) is 6.19. The maximum absolute atomic E-state index is 11.7. The topological polar surface area (TPSA) is 35.5 Å². The molecule has 1 aliphatic rings. The highest BCUT2D eigenvalue weighted by atomic mass is 35.5. The van der Waals surface area contributed by atoms with Crippen molar-refractivity contribution in [3.63, 3.8) is 0 Å². The van der Waals surface area contributed by atoms with Gasteiger partial charge in [0.15, 0.2) is 0 Å². The van der Waals surface area contributed by atoms with Crippen LogP contribution in [0.5, 0.6) is 0 Å². The van der Waals surface area contributed by atoms with Gasteiger partial charge < -0.3 is 9.05 Å². The summed E-state index contributed by atoms with van der Waals surface area (Å²) in [7, 11) is -2.87. The molecule has 3 atom stereocenters. The summed E-state index contributed by atoms with van der Waals surface area (Å²) in [4.78, 5) is 0. The summed E-state index contributed by atoms with van der Waals surface area (Å²) in [5.41, 5.74) is 0. The summed E-state index contributed by atoms with van der Waals surface area (Å²) in [6, 6.07) is 0. The molecule has 1 aliphatic heterocycles. The van der Waals surface area contributed by atoms with E-state index >= 15 is 0 Å². The van der Waals surface area contributed by atoms with E-state index in [0.717, 1.165) is 0 Å². The van der Waals surface area contributed by atoms with Gasteiger partial charge in [0.1, 0.15) is 0 Å². The standard InChI is InChI=1S/C7H14ClO3P/c1-5(8)4-12(9)10-6(2)7(3)11-12/h5-7H,4H2,1-3H3. The Morgan fingerprint density at radius 3 is 2.17 bits per heavy atom. The molecule has 0 N–H and O–H groups in total. The molecule has 0 aliphatic carbocycles. The summed E-state index contributed by atoms with van der Waals surface area (Å²) in [5.74, 6) is 0. The zero-order valence-corrected chi connectivity index (χ0v) is 9.14. The molecule has 0 radical (unpaired) electrons. The van der Waals surface area contributed by atoms with Crippen molar-refractivity contribution in [3.8, 4) is 0 Å². The molecule has 0 amide bonds. The fourth-order valence-electron chi connectivity index (χ4n) is 1.10. The zero-order valence-electron chi connectivity index (χ0n) is 7.49. The van der Waals surface area contributed by atoms with E-state index in [-0.39, 0.29) is 17.6 Å². The molecule has 1 saturated heterocycles. The number of rotatable bonds is 2. The second-order valence-electron chi connectivity index (χ2n) is 3.20. The van der Waals surface area contributed by atoms with Gasteiger partial charge in [0.2, 0.25) is 0 Å². The van der Waals surface area contributed by atoms with Crippen LogP contribution < -0.4 is 0 Å². The van der Waals surface area contributed by atoms with Gasteiger partial charge in [-0.3, -0.25) is 4.57 Å². The third-order valence-corrected chi connectivity index (χ3v) is 4.46. The van der Waals surface area contributed by atoms with E-state index in [0.29, 0.717) is 6.16 Å². The SMILES string of the molecule is CC(Cl)CP1(=O)OC(C)C(C)O1. The maximum Gasteiger partial charge on any atom is 0.332 e. The highest BCUT2D eigenvalue weighted by Gasteiger charge is 2.40. The summed E-state index contributed by atoms with van der Waals surface area (Å²) in [6.07, 6.45) is 0.112. The van der Waals surface area contributed by atoms with Crippen LogP contribution in [0.3, 0.4) is 0 Å². The molecule has 0 aromatic rings. The third-order valence-electron chi connectivity index (χ3n) is 1.79. The Hall–Kier alpha value is 0.440. The van der Waals surface area contributed by atoms with Crippen molar-refractivity contribution in [2.75, 3.05) is 6.16 Å². The first kappa shape index (κ1) is 10.5. The first-order valence-electron chi connectivity index (χ1n) is 4.03. The van der Waals surface area contributed by atoms with Crippen LogP contribution in [0.25, 0.3) is 0 Å². The first-order chi connectivity index (χ1) is 5.43. The minimum absolute atomic E-state index is 0.0914. The van der Waals surface area contributed by atoms with E-state index in [1.807, 2.05) is 13.8 Å². The zero-order chi connectivity index (χ0) is 9.35. The molecule has 0 saturated carbocycles. The lowest BCUT2D eigenvalue weighted by atomic mass is 10.3. The molecule has 0 spiro atoms. The number of alkyl halides is 1. The van der Waals surface area contributed by atoms with Crippen LogP contribution in [0.15, 0.2) is 0 Å². The van der Waals surface area contributed by atoms with E-state index < -0.39 is 7.60 Å². The van der Waals surface area contributed by atoms with Gasteiger partial charge in [-0.05, 0) is 20.8 Å². The molecular weight excluding hydrogens is 199 g/mol. The van der Waals surface area contributed by atoms with Crippen molar-refractivity contribution < 1.29 is 13.6 Å². The van der Waals surface area contributed by atoms with Crippen LogP contribution in [0.2, 0.25) is 0 Å². The molecule has 0 aromatic heterocycles. The summed E-state index contributed by atoms with van der Waals surface area (Å²) >= 11 is 5.71. The Morgan fingerprint density at radius 1 is 1.42 bits per heavy atom. The molecule has 72 valence electrons. The van der Waals surface area contributed by atoms with Crippen molar-refractivity contribution in [2.24, 2.45) is 0 Å². The lowest BCUT2D eigenvalue weighted by Crippen LogP contribution is -2.13. The molecular formula is C7H14ClO3P. The lowest BCUT2D eigenvalue weighted by Gasteiger charge is -2.10. The van der Waals surface area contributed by atoms with Crippen LogP contribution in [0.4, 0.5) is 0 Å². The number of hydrogen-bond acceptors (Lipinski definition) is 3. The van der Waals surface area contributed by atoms with Gasteiger partial charge in [0.25, 0.3) is 0 Å². The highest BCUT2D eigenvalue weighted by Crippen LogP contribution is 2.56. The van der Waals surface area contributed by atoms with Gasteiger partial charge in [0.05, 0.1) is 18.4 Å². The van der Waals surface area contributed by atoms with Gasteiger partial charge >= 0.3 is 7.60 Å². The Bertz CT molecular complexity index is 185. The van der Waals surface area contributed by atoms with E-state index in [4.69, 9.17) is 20.6 Å². The Labute approximate surface area is 77.9 Å². The molecule has 1 rings (SSSR count). The maximum atomic E-state index is 11.7. The van der Waals surface area contributed by atoms with E-state index in [2.05, 4.69) is 0 Å². The van der Waals surface area contributed by atoms with Gasteiger partial charge in [-0.25, -0.2) is 0 Å². The molecule has 0 aromatic carbocycles. The quantitative estimate of drug-likeness (QED) is 0.521. The van der Waals surface area contributed by atoms with Crippen molar-refractivity contribution in [3.05, 3.63) is 0 Å². The predicted molar refractivity (Wildman–Crippen MR) is 48.9 cm³/mol. The van der Waals surface area contributed by atoms with Gasteiger partial charge in [-0.2, -0.15) is 0 Å². The van der Waals surface area contributed by atoms with Gasteiger partial charge in [0, 0.05) is 5.38 Å². The third kappa shape index (κ3) is 2.46. The molecule has 12 heavy (non-hydrogen) atoms. The molecule has 1 heterocycles. The van der Waals surface area contributed by atoms with Gasteiger partial charge in [-0.15, -0.1) is 11.6 Å². The van der Waals surface area contributed by atoms with E-state index in [1.165, 1.54) is 0 Å². The molecule has 3 nitrogen and oxygen atoms in total. The summed E-state index contributed by atoms with van der Waals surface area (Å²) in [5, 5.41) is -0.173. The minimum atomic E-state index is -2.87.